The molecule has 5 nitrogen and oxygen atoms in total. The summed E-state index contributed by atoms with van der Waals surface area (Å²) < 4.78 is 5.99. The smallest absolute Gasteiger partial charge is 0.226 e. The molecule has 0 aliphatic carbocycles. The lowest BCUT2D eigenvalue weighted by Gasteiger charge is -2.06. The Morgan fingerprint density at radius 3 is 2.86 bits per heavy atom. The van der Waals surface area contributed by atoms with E-state index >= 15 is 0 Å². The number of benzene rings is 1. The van der Waals surface area contributed by atoms with Crippen LogP contribution in [0, 0.1) is 13.8 Å². The number of aromatic nitrogens is 3. The maximum absolute atomic E-state index is 12.1. The fourth-order valence-corrected chi connectivity index (χ4v) is 3.23. The molecule has 0 saturated heterocycles. The van der Waals surface area contributed by atoms with Crippen LogP contribution in [0.15, 0.2) is 24.3 Å². The molecular formula is C15H15ClN4OS. The molecule has 0 aliphatic rings. The summed E-state index contributed by atoms with van der Waals surface area (Å²) in [7, 11) is 0. The summed E-state index contributed by atoms with van der Waals surface area (Å²) in [5, 5.41) is 8.57. The topological polar surface area (TPSA) is 59.8 Å². The van der Waals surface area contributed by atoms with Crippen LogP contribution in [0.2, 0.25) is 5.15 Å². The first kappa shape index (κ1) is 15.0. The molecule has 22 heavy (non-hydrogen) atoms. The van der Waals surface area contributed by atoms with Crippen LogP contribution >= 0.6 is 23.1 Å². The highest BCUT2D eigenvalue weighted by atomic mass is 35.5. The van der Waals surface area contributed by atoms with Crippen LogP contribution in [0.25, 0.3) is 10.9 Å². The van der Waals surface area contributed by atoms with E-state index < -0.39 is 0 Å². The Bertz CT molecular complexity index is 820. The molecule has 3 aromatic rings. The number of para-hydroxylation sites is 1. The zero-order valence-electron chi connectivity index (χ0n) is 12.3. The molecule has 0 radical (unpaired) electrons. The van der Waals surface area contributed by atoms with E-state index in [1.54, 1.807) is 4.68 Å². The molecule has 1 amide bonds. The molecule has 0 atom stereocenters. The molecule has 7 heteroatoms. The predicted molar refractivity (Wildman–Crippen MR) is 89.6 cm³/mol. The molecule has 3 rings (SSSR count). The number of carbonyl (C=O) groups excluding carboxylic acids is 1. The van der Waals surface area contributed by atoms with Gasteiger partial charge in [0.25, 0.3) is 0 Å². The summed E-state index contributed by atoms with van der Waals surface area (Å²) in [6.07, 6.45) is 0.330. The van der Waals surface area contributed by atoms with Crippen LogP contribution in [0.4, 0.5) is 5.69 Å². The third-order valence-electron chi connectivity index (χ3n) is 3.46. The van der Waals surface area contributed by atoms with Crippen LogP contribution in [0.3, 0.4) is 0 Å². The number of anilines is 1. The molecule has 2 aromatic heterocycles. The van der Waals surface area contributed by atoms with Crippen LogP contribution in [0.5, 0.6) is 0 Å². The minimum absolute atomic E-state index is 0.0536. The molecule has 1 N–H and O–H groups in total. The van der Waals surface area contributed by atoms with Crippen LogP contribution in [-0.4, -0.2) is 20.1 Å². The number of aryl methyl sites for hydroxylation is 3. The van der Waals surface area contributed by atoms with Gasteiger partial charge in [-0.05, 0) is 37.5 Å². The number of nitrogens with zero attached hydrogens (tertiary/aromatic N) is 3. The third kappa shape index (κ3) is 2.84. The Morgan fingerprint density at radius 2 is 2.14 bits per heavy atom. The maximum atomic E-state index is 12.1. The number of carbonyl (C=O) groups is 1. The molecule has 114 valence electrons. The van der Waals surface area contributed by atoms with Gasteiger partial charge in [-0.1, -0.05) is 23.7 Å². The van der Waals surface area contributed by atoms with Crippen LogP contribution < -0.4 is 5.32 Å². The van der Waals surface area contributed by atoms with Gasteiger partial charge in [0.2, 0.25) is 5.91 Å². The number of hydrogen-bond donors (Lipinski definition) is 1. The first-order valence-corrected chi connectivity index (χ1v) is 8.05. The standard InChI is InChI=1S/C15H15ClN4OS/c1-9-14(10(2)22-19-9)17-13(21)7-8-20-12-6-4-3-5-11(12)15(16)18-20/h3-6H,7-8H2,1-2H3,(H,17,21). The van der Waals surface area contributed by atoms with E-state index in [1.165, 1.54) is 11.5 Å². The van der Waals surface area contributed by atoms with Crippen molar-refractivity contribution in [2.45, 2.75) is 26.8 Å². The molecule has 0 bridgehead atoms. The fraction of sp³-hybridized carbons (Fsp3) is 0.267. The van der Waals surface area contributed by atoms with Gasteiger partial charge in [0, 0.05) is 16.7 Å². The molecule has 0 aliphatic heterocycles. The number of hydrogen-bond acceptors (Lipinski definition) is 4. The Labute approximate surface area is 137 Å². The van der Waals surface area contributed by atoms with Gasteiger partial charge in [0.05, 0.1) is 23.4 Å². The molecular weight excluding hydrogens is 320 g/mol. The fourth-order valence-electron chi connectivity index (χ4n) is 2.33. The average Bonchev–Trinajstić information content (AvgIpc) is 3.00. The quantitative estimate of drug-likeness (QED) is 0.789. The van der Waals surface area contributed by atoms with E-state index in [2.05, 4.69) is 14.8 Å². The number of nitrogens with one attached hydrogen (secondary N) is 1. The first-order chi connectivity index (χ1) is 10.6. The first-order valence-electron chi connectivity index (χ1n) is 6.90. The molecule has 0 saturated carbocycles. The van der Waals surface area contributed by atoms with E-state index in [4.69, 9.17) is 11.6 Å². The Balaban J connectivity index is 1.70. The van der Waals surface area contributed by atoms with Crippen molar-refractivity contribution in [2.75, 3.05) is 5.32 Å². The SMILES string of the molecule is Cc1nsc(C)c1NC(=O)CCn1nc(Cl)c2ccccc21. The zero-order chi connectivity index (χ0) is 15.7. The lowest BCUT2D eigenvalue weighted by Crippen LogP contribution is -2.15. The van der Waals surface area contributed by atoms with Crippen molar-refractivity contribution in [3.05, 3.63) is 40.0 Å². The summed E-state index contributed by atoms with van der Waals surface area (Å²) in [4.78, 5) is 13.1. The number of amides is 1. The lowest BCUT2D eigenvalue weighted by molar-refractivity contribution is -0.116. The molecule has 0 fully saturated rings. The number of rotatable bonds is 4. The van der Waals surface area contributed by atoms with Gasteiger partial charge in [0.15, 0.2) is 5.15 Å². The van der Waals surface area contributed by atoms with E-state index in [0.717, 1.165) is 27.2 Å². The zero-order valence-corrected chi connectivity index (χ0v) is 13.8. The molecule has 0 unspecified atom stereocenters. The van der Waals surface area contributed by atoms with Crippen LogP contribution in [0.1, 0.15) is 17.0 Å². The summed E-state index contributed by atoms with van der Waals surface area (Å²) in [6, 6.07) is 7.72. The summed E-state index contributed by atoms with van der Waals surface area (Å²) >= 11 is 7.50. The highest BCUT2D eigenvalue weighted by molar-refractivity contribution is 7.06. The van der Waals surface area contributed by atoms with Gasteiger partial charge in [-0.15, -0.1) is 0 Å². The minimum Gasteiger partial charge on any atom is -0.323 e. The van der Waals surface area contributed by atoms with Gasteiger partial charge in [-0.25, -0.2) is 0 Å². The third-order valence-corrected chi connectivity index (χ3v) is 4.58. The summed E-state index contributed by atoms with van der Waals surface area (Å²) in [6.45, 7) is 4.32. The monoisotopic (exact) mass is 334 g/mol. The van der Waals surface area contributed by atoms with E-state index in [9.17, 15) is 4.79 Å². The highest BCUT2D eigenvalue weighted by Gasteiger charge is 2.12. The van der Waals surface area contributed by atoms with E-state index in [1.807, 2.05) is 38.1 Å². The Morgan fingerprint density at radius 1 is 1.36 bits per heavy atom. The van der Waals surface area contributed by atoms with Crippen molar-refractivity contribution in [3.63, 3.8) is 0 Å². The minimum atomic E-state index is -0.0536. The van der Waals surface area contributed by atoms with E-state index in [0.29, 0.717) is 18.1 Å². The molecule has 1 aromatic carbocycles. The van der Waals surface area contributed by atoms with Crippen molar-refractivity contribution >= 4 is 45.6 Å². The van der Waals surface area contributed by atoms with Crippen LogP contribution in [-0.2, 0) is 11.3 Å². The van der Waals surface area contributed by atoms with Gasteiger partial charge < -0.3 is 5.32 Å². The van der Waals surface area contributed by atoms with Crippen molar-refractivity contribution in [3.8, 4) is 0 Å². The van der Waals surface area contributed by atoms with Crippen molar-refractivity contribution < 1.29 is 4.79 Å². The largest absolute Gasteiger partial charge is 0.323 e. The molecule has 0 spiro atoms. The predicted octanol–water partition coefficient (Wildman–Crippen LogP) is 3.79. The summed E-state index contributed by atoms with van der Waals surface area (Å²) in [5.41, 5.74) is 2.60. The average molecular weight is 335 g/mol. The number of halogens is 1. The molecule has 2 heterocycles. The van der Waals surface area contributed by atoms with Gasteiger partial charge in [-0.3, -0.25) is 9.48 Å². The van der Waals surface area contributed by atoms with Gasteiger partial charge in [-0.2, -0.15) is 9.47 Å². The van der Waals surface area contributed by atoms with Crippen molar-refractivity contribution in [1.82, 2.24) is 14.2 Å². The second-order valence-electron chi connectivity index (χ2n) is 5.03. The Hall–Kier alpha value is -1.92. The van der Waals surface area contributed by atoms with Gasteiger partial charge >= 0.3 is 0 Å². The second-order valence-corrected chi connectivity index (χ2v) is 6.36. The summed E-state index contributed by atoms with van der Waals surface area (Å²) in [5.74, 6) is -0.0536. The maximum Gasteiger partial charge on any atom is 0.226 e. The number of fused-ring (bicyclic) bond motifs is 1. The van der Waals surface area contributed by atoms with Crippen molar-refractivity contribution in [1.29, 1.82) is 0 Å². The van der Waals surface area contributed by atoms with Crippen molar-refractivity contribution in [2.24, 2.45) is 0 Å². The highest BCUT2D eigenvalue weighted by Crippen LogP contribution is 2.24. The lowest BCUT2D eigenvalue weighted by atomic mass is 10.2. The Kier molecular flexibility index (Phi) is 4.13. The normalized spacial score (nSPS) is 11.0. The van der Waals surface area contributed by atoms with Gasteiger partial charge in [0.1, 0.15) is 0 Å². The van der Waals surface area contributed by atoms with E-state index in [-0.39, 0.29) is 5.91 Å². The second kappa shape index (κ2) is 6.06.